The highest BCUT2D eigenvalue weighted by Gasteiger charge is 2.48. The summed E-state index contributed by atoms with van der Waals surface area (Å²) in [6.45, 7) is 2.36. The number of rotatable bonds is 13. The van der Waals surface area contributed by atoms with Gasteiger partial charge in [-0.05, 0) is 81.9 Å². The number of unbranched alkanes of at least 4 members (excludes halogenated alkanes) is 1. The van der Waals surface area contributed by atoms with Gasteiger partial charge in [0.25, 0.3) is 5.97 Å². The molecule has 4 fully saturated rings. The van der Waals surface area contributed by atoms with Crippen molar-refractivity contribution in [3.63, 3.8) is 0 Å². The Kier molecular flexibility index (Phi) is 15.0. The Balaban J connectivity index is 0.980. The quantitative estimate of drug-likeness (QED) is 0.0882. The van der Waals surface area contributed by atoms with Crippen LogP contribution < -0.4 is 0 Å². The Morgan fingerprint density at radius 3 is 2.07 bits per heavy atom. The molecule has 56 heavy (non-hydrogen) atoms. The van der Waals surface area contributed by atoms with Crippen LogP contribution in [0.3, 0.4) is 0 Å². The number of carbonyl (C=O) groups excluding carboxylic acids is 2. The second-order valence-corrected chi connectivity index (χ2v) is 15.4. The molecule has 0 aliphatic carbocycles. The molecule has 306 valence electrons. The zero-order valence-electron chi connectivity index (χ0n) is 32.6. The minimum absolute atomic E-state index is 0.0502. The molecule has 5 heterocycles. The van der Waals surface area contributed by atoms with E-state index in [1.807, 2.05) is 42.5 Å². The van der Waals surface area contributed by atoms with Crippen LogP contribution in [0.25, 0.3) is 0 Å². The summed E-state index contributed by atoms with van der Waals surface area (Å²) in [6.07, 6.45) is 11.7. The summed E-state index contributed by atoms with van der Waals surface area (Å²) >= 11 is 0. The van der Waals surface area contributed by atoms with Crippen molar-refractivity contribution in [1.82, 2.24) is 0 Å². The number of carbonyl (C=O) groups is 2. The lowest BCUT2D eigenvalue weighted by atomic mass is 9.99. The van der Waals surface area contributed by atoms with Gasteiger partial charge in [-0.15, -0.1) is 0 Å². The Bertz CT molecular complexity index is 1560. The molecule has 0 unspecified atom stereocenters. The van der Waals surface area contributed by atoms with Gasteiger partial charge in [0.1, 0.15) is 19.0 Å². The highest BCUT2D eigenvalue weighted by molar-refractivity contribution is 6.03. The van der Waals surface area contributed by atoms with Crippen molar-refractivity contribution in [1.29, 1.82) is 0 Å². The molecule has 2 aromatic rings. The molecule has 7 rings (SSSR count). The van der Waals surface area contributed by atoms with E-state index < -0.39 is 30.1 Å². The molecule has 0 N–H and O–H groups in total. The fourth-order valence-electron chi connectivity index (χ4n) is 8.51. The molecule has 0 amide bonds. The van der Waals surface area contributed by atoms with Crippen LogP contribution in [0.4, 0.5) is 0 Å². The van der Waals surface area contributed by atoms with Crippen LogP contribution in [0, 0.1) is 0 Å². The average Bonchev–Trinajstić information content (AvgIpc) is 4.02. The summed E-state index contributed by atoms with van der Waals surface area (Å²) < 4.78 is 60.8. The minimum atomic E-state index is -0.922. The lowest BCUT2D eigenvalue weighted by Crippen LogP contribution is -2.46. The van der Waals surface area contributed by atoms with E-state index in [1.165, 1.54) is 0 Å². The first-order valence-corrected chi connectivity index (χ1v) is 20.6. The Morgan fingerprint density at radius 1 is 0.714 bits per heavy atom. The van der Waals surface area contributed by atoms with Gasteiger partial charge >= 0.3 is 11.9 Å². The number of cyclic esters (lactones) is 2. The summed E-state index contributed by atoms with van der Waals surface area (Å²) in [4.78, 5) is 27.7. The molecule has 0 bridgehead atoms. The molecule has 0 aromatic heterocycles. The van der Waals surface area contributed by atoms with Crippen molar-refractivity contribution in [2.24, 2.45) is 0 Å². The Labute approximate surface area is 330 Å². The highest BCUT2D eigenvalue weighted by Crippen LogP contribution is 2.40. The average molecular weight is 779 g/mol. The number of ether oxygens (including phenoxy) is 10. The fraction of sp³-hybridized carbons (Fsp3) is 0.636. The van der Waals surface area contributed by atoms with Gasteiger partial charge in [0.15, 0.2) is 0 Å². The summed E-state index contributed by atoms with van der Waals surface area (Å²) in [7, 11) is 1.59. The van der Waals surface area contributed by atoms with E-state index >= 15 is 0 Å². The monoisotopic (exact) mass is 778 g/mol. The number of hydrogen-bond acceptors (Lipinski definition) is 12. The number of fused-ring (bicyclic) bond motifs is 1. The smallest absolute Gasteiger partial charge is 0.339 e. The van der Waals surface area contributed by atoms with Crippen LogP contribution in [0.5, 0.6) is 0 Å². The maximum atomic E-state index is 13.9. The molecule has 12 heteroatoms. The fourth-order valence-corrected chi connectivity index (χ4v) is 8.51. The summed E-state index contributed by atoms with van der Waals surface area (Å²) in [6, 6.07) is 16.8. The van der Waals surface area contributed by atoms with Crippen LogP contribution in [0.1, 0.15) is 110 Å². The summed E-state index contributed by atoms with van der Waals surface area (Å²) in [5.74, 6) is -2.07. The molecule has 5 aliphatic rings. The van der Waals surface area contributed by atoms with E-state index in [0.717, 1.165) is 56.9 Å². The standard InChI is InChI=1S/C44H58O12/c1-47-30-49-32-14-5-8-18-36(37-20-21-38(53-37)39-22-23-40(54-39)41-19-11-24-44(56-41)50-26-27-51-44)55-43(46)35-17-7-6-16-34(35)42(45)52-33(28-32)15-9-10-25-48-29-31-12-3-2-4-13-31/h2-8,12-13,16-17,32-33,36-41H,9-11,14-15,18-30H2,1H3/b8-5+/t32-,33+,36+,37-,38+,39-,40-,41+/m1/s1. The van der Waals surface area contributed by atoms with Gasteiger partial charge in [-0.25, -0.2) is 9.59 Å². The molecule has 12 nitrogen and oxygen atoms in total. The lowest BCUT2D eigenvalue weighted by Gasteiger charge is -2.38. The molecule has 0 saturated carbocycles. The van der Waals surface area contributed by atoms with Crippen molar-refractivity contribution < 1.29 is 57.0 Å². The topological polar surface area (TPSA) is 126 Å². The molecule has 0 radical (unpaired) electrons. The van der Waals surface area contributed by atoms with Crippen LogP contribution in [-0.4, -0.2) is 100 Å². The SMILES string of the molecule is COCO[C@@H]1C/C=C/C[C@@H]([C@H]2CC[C@@H]([C@H]3CC[C@H]([C@@H]4CCCC5(OCCO5)O4)O3)O2)OC(=O)c2ccccc2C(=O)O[C@@H](CCCCOCc2ccccc2)C1. The number of esters is 2. The predicted octanol–water partition coefficient (Wildman–Crippen LogP) is 7.22. The lowest BCUT2D eigenvalue weighted by molar-refractivity contribution is -0.373. The summed E-state index contributed by atoms with van der Waals surface area (Å²) in [5, 5.41) is 0. The highest BCUT2D eigenvalue weighted by atomic mass is 16.9. The maximum absolute atomic E-state index is 13.9. The van der Waals surface area contributed by atoms with Crippen molar-refractivity contribution in [3.8, 4) is 0 Å². The zero-order chi connectivity index (χ0) is 38.6. The Hall–Kier alpha value is -3.20. The van der Waals surface area contributed by atoms with Gasteiger partial charge < -0.3 is 47.4 Å². The van der Waals surface area contributed by atoms with E-state index in [-0.39, 0.29) is 54.5 Å². The first-order chi connectivity index (χ1) is 27.5. The molecule has 8 atom stereocenters. The van der Waals surface area contributed by atoms with Gasteiger partial charge in [-0.1, -0.05) is 54.6 Å². The first-order valence-electron chi connectivity index (χ1n) is 20.6. The van der Waals surface area contributed by atoms with Gasteiger partial charge in [-0.3, -0.25) is 0 Å². The minimum Gasteiger partial charge on any atom is -0.459 e. The Morgan fingerprint density at radius 2 is 1.36 bits per heavy atom. The number of benzene rings is 2. The van der Waals surface area contributed by atoms with E-state index in [0.29, 0.717) is 58.5 Å². The second-order valence-electron chi connectivity index (χ2n) is 15.4. The molecule has 2 aromatic carbocycles. The third-order valence-electron chi connectivity index (χ3n) is 11.4. The number of hydrogen-bond donors (Lipinski definition) is 0. The van der Waals surface area contributed by atoms with E-state index in [1.54, 1.807) is 31.4 Å². The molecule has 4 saturated heterocycles. The predicted molar refractivity (Wildman–Crippen MR) is 204 cm³/mol. The van der Waals surface area contributed by atoms with Gasteiger partial charge in [0, 0.05) is 33.0 Å². The van der Waals surface area contributed by atoms with Crippen molar-refractivity contribution >= 4 is 11.9 Å². The molecular formula is C44H58O12. The summed E-state index contributed by atoms with van der Waals surface area (Å²) in [5.41, 5.74) is 1.47. The van der Waals surface area contributed by atoms with E-state index in [2.05, 4.69) is 0 Å². The number of methoxy groups -OCH3 is 1. The third-order valence-corrected chi connectivity index (χ3v) is 11.4. The largest absolute Gasteiger partial charge is 0.459 e. The van der Waals surface area contributed by atoms with Gasteiger partial charge in [0.2, 0.25) is 0 Å². The van der Waals surface area contributed by atoms with Crippen molar-refractivity contribution in [2.75, 3.05) is 33.7 Å². The zero-order valence-corrected chi connectivity index (χ0v) is 32.6. The molecular weight excluding hydrogens is 720 g/mol. The second kappa shape index (κ2) is 20.5. The van der Waals surface area contributed by atoms with Gasteiger partial charge in [0.05, 0.1) is 67.6 Å². The van der Waals surface area contributed by atoms with Crippen molar-refractivity contribution in [3.05, 3.63) is 83.4 Å². The van der Waals surface area contributed by atoms with Crippen LogP contribution >= 0.6 is 0 Å². The van der Waals surface area contributed by atoms with E-state index in [4.69, 9.17) is 47.4 Å². The molecule has 5 aliphatic heterocycles. The normalized spacial score (nSPS) is 31.7. The van der Waals surface area contributed by atoms with Crippen molar-refractivity contribution in [2.45, 2.75) is 145 Å². The maximum Gasteiger partial charge on any atom is 0.339 e. The van der Waals surface area contributed by atoms with Gasteiger partial charge in [-0.2, -0.15) is 0 Å². The first kappa shape index (κ1) is 41.0. The molecule has 1 spiro atoms. The van der Waals surface area contributed by atoms with E-state index in [9.17, 15) is 9.59 Å². The van der Waals surface area contributed by atoms with Crippen LogP contribution in [0.2, 0.25) is 0 Å². The third kappa shape index (κ3) is 11.0. The van der Waals surface area contributed by atoms with Crippen LogP contribution in [0.15, 0.2) is 66.7 Å². The van der Waals surface area contributed by atoms with Crippen LogP contribution in [-0.2, 0) is 54.0 Å².